The highest BCUT2D eigenvalue weighted by Crippen LogP contribution is 2.22. The van der Waals surface area contributed by atoms with E-state index in [0.717, 1.165) is 27.9 Å². The number of fused-ring (bicyclic) bond motifs is 1. The van der Waals surface area contributed by atoms with Gasteiger partial charge in [-0.3, -0.25) is 4.79 Å². The molecular formula is C27H26N2O2. The Balaban J connectivity index is 1.83. The van der Waals surface area contributed by atoms with E-state index in [1.807, 2.05) is 80.6 Å². The molecule has 31 heavy (non-hydrogen) atoms. The van der Waals surface area contributed by atoms with Crippen LogP contribution >= 0.6 is 0 Å². The highest BCUT2D eigenvalue weighted by molar-refractivity contribution is 6.05. The summed E-state index contributed by atoms with van der Waals surface area (Å²) in [4.78, 5) is 18.0. The molecule has 0 saturated carbocycles. The molecule has 0 radical (unpaired) electrons. The molecule has 1 amide bonds. The predicted octanol–water partition coefficient (Wildman–Crippen LogP) is 6.66. The minimum Gasteiger partial charge on any atom is -0.438 e. The number of para-hydroxylation sites is 1. The molecule has 4 rings (SSSR count). The van der Waals surface area contributed by atoms with Gasteiger partial charge in [0.05, 0.1) is 5.69 Å². The van der Waals surface area contributed by atoms with Gasteiger partial charge in [-0.05, 0) is 61.2 Å². The number of carbonyl (C=O) groups excluding carboxylic acids is 1. The number of aryl methyl sites for hydroxylation is 2. The van der Waals surface area contributed by atoms with Crippen molar-refractivity contribution in [3.8, 4) is 0 Å². The Kier molecular flexibility index (Phi) is 5.72. The third kappa shape index (κ3) is 4.58. The lowest BCUT2D eigenvalue weighted by Gasteiger charge is -2.10. The molecule has 0 spiro atoms. The Bertz CT molecular complexity index is 1330. The lowest BCUT2D eigenvalue weighted by atomic mass is 10.0. The maximum atomic E-state index is 13.3. The minimum absolute atomic E-state index is 0.250. The Morgan fingerprint density at radius 3 is 2.52 bits per heavy atom. The lowest BCUT2D eigenvalue weighted by molar-refractivity contribution is 0.102. The molecule has 1 aromatic heterocycles. The van der Waals surface area contributed by atoms with Crippen LogP contribution in [0.3, 0.4) is 0 Å². The summed E-state index contributed by atoms with van der Waals surface area (Å²) >= 11 is 0. The average Bonchev–Trinajstić information content (AvgIpc) is 2.75. The monoisotopic (exact) mass is 410 g/mol. The maximum absolute atomic E-state index is 13.3. The molecule has 0 unspecified atom stereocenters. The van der Waals surface area contributed by atoms with Crippen LogP contribution < -0.4 is 10.9 Å². The van der Waals surface area contributed by atoms with Crippen LogP contribution in [0.15, 0.2) is 82.2 Å². The van der Waals surface area contributed by atoms with E-state index in [0.29, 0.717) is 22.6 Å². The van der Waals surface area contributed by atoms with Crippen molar-refractivity contribution >= 4 is 28.3 Å². The van der Waals surface area contributed by atoms with Crippen LogP contribution in [0.5, 0.6) is 0 Å². The second-order valence-corrected chi connectivity index (χ2v) is 8.14. The molecule has 0 fully saturated rings. The number of nitrogens with zero attached hydrogens (tertiary/aromatic N) is 1. The molecule has 0 atom stereocenters. The van der Waals surface area contributed by atoms with Gasteiger partial charge in [0.1, 0.15) is 11.1 Å². The zero-order valence-corrected chi connectivity index (χ0v) is 18.3. The van der Waals surface area contributed by atoms with Crippen LogP contribution in [0, 0.1) is 13.8 Å². The summed E-state index contributed by atoms with van der Waals surface area (Å²) in [6, 6.07) is 23.4. The number of nitrogens with one attached hydrogen (secondary N) is 1. The first kappa shape index (κ1) is 20.6. The van der Waals surface area contributed by atoms with Gasteiger partial charge < -0.3 is 9.73 Å². The van der Waals surface area contributed by atoms with Gasteiger partial charge >= 0.3 is 0 Å². The van der Waals surface area contributed by atoms with Crippen molar-refractivity contribution in [3.05, 3.63) is 101 Å². The number of benzene rings is 3. The fourth-order valence-electron chi connectivity index (χ4n) is 3.53. The summed E-state index contributed by atoms with van der Waals surface area (Å²) in [6.07, 6.45) is 0. The van der Waals surface area contributed by atoms with Gasteiger partial charge in [-0.1, -0.05) is 61.9 Å². The SMILES string of the molecule is Cc1ccc(NC(=O)c2cc3ccccc3oc2=Nc2cccc(C(C)C)c2)c(C)c1. The molecule has 0 saturated heterocycles. The molecule has 0 aliphatic heterocycles. The molecule has 1 heterocycles. The fourth-order valence-corrected chi connectivity index (χ4v) is 3.53. The van der Waals surface area contributed by atoms with E-state index in [1.165, 1.54) is 5.56 Å². The summed E-state index contributed by atoms with van der Waals surface area (Å²) in [5.41, 5.74) is 6.25. The van der Waals surface area contributed by atoms with E-state index in [9.17, 15) is 4.79 Å². The number of hydrogen-bond acceptors (Lipinski definition) is 3. The first-order chi connectivity index (χ1) is 14.9. The molecule has 4 heteroatoms. The summed E-state index contributed by atoms with van der Waals surface area (Å²) in [5.74, 6) is 0.135. The van der Waals surface area contributed by atoms with Gasteiger partial charge in [-0.15, -0.1) is 0 Å². The molecular weight excluding hydrogens is 384 g/mol. The largest absolute Gasteiger partial charge is 0.438 e. The molecule has 0 aliphatic rings. The molecule has 1 N–H and O–H groups in total. The van der Waals surface area contributed by atoms with E-state index < -0.39 is 0 Å². The number of carbonyl (C=O) groups is 1. The molecule has 0 bridgehead atoms. The van der Waals surface area contributed by atoms with Gasteiger partial charge in [0, 0.05) is 11.1 Å². The zero-order chi connectivity index (χ0) is 22.0. The molecule has 156 valence electrons. The third-order valence-electron chi connectivity index (χ3n) is 5.30. The van der Waals surface area contributed by atoms with Crippen LogP contribution in [-0.4, -0.2) is 5.91 Å². The highest BCUT2D eigenvalue weighted by Gasteiger charge is 2.14. The van der Waals surface area contributed by atoms with Crippen molar-refractivity contribution < 1.29 is 9.21 Å². The number of amides is 1. The molecule has 0 aliphatic carbocycles. The van der Waals surface area contributed by atoms with Crippen LogP contribution in [0.4, 0.5) is 11.4 Å². The summed E-state index contributed by atoms with van der Waals surface area (Å²) in [7, 11) is 0. The second kappa shape index (κ2) is 8.60. The topological polar surface area (TPSA) is 54.6 Å². The van der Waals surface area contributed by atoms with Gasteiger partial charge in [0.15, 0.2) is 0 Å². The first-order valence-electron chi connectivity index (χ1n) is 10.5. The van der Waals surface area contributed by atoms with Crippen molar-refractivity contribution in [1.29, 1.82) is 0 Å². The molecule has 4 aromatic rings. The number of rotatable bonds is 4. The minimum atomic E-state index is -0.250. The standard InChI is InChI=1S/C27H26N2O2/c1-17(2)20-9-7-10-22(15-20)28-27-23(16-21-8-5-6-11-25(21)31-27)26(30)29-24-13-12-18(3)14-19(24)4/h5-17H,1-4H3,(H,29,30). The first-order valence-corrected chi connectivity index (χ1v) is 10.5. The average molecular weight is 411 g/mol. The van der Waals surface area contributed by atoms with E-state index in [4.69, 9.17) is 9.41 Å². The molecule has 3 aromatic carbocycles. The normalized spacial score (nSPS) is 11.8. The summed E-state index contributed by atoms with van der Waals surface area (Å²) in [6.45, 7) is 8.30. The second-order valence-electron chi connectivity index (χ2n) is 8.14. The van der Waals surface area contributed by atoms with Gasteiger partial charge in [-0.25, -0.2) is 4.99 Å². The highest BCUT2D eigenvalue weighted by atomic mass is 16.3. The fraction of sp³-hybridized carbons (Fsp3) is 0.185. The smallest absolute Gasteiger partial charge is 0.261 e. The van der Waals surface area contributed by atoms with Crippen LogP contribution in [-0.2, 0) is 0 Å². The quantitative estimate of drug-likeness (QED) is 0.409. The van der Waals surface area contributed by atoms with Crippen molar-refractivity contribution in [2.75, 3.05) is 5.32 Å². The Labute approximate surface area is 182 Å². The number of anilines is 1. The van der Waals surface area contributed by atoms with Crippen molar-refractivity contribution in [2.24, 2.45) is 4.99 Å². The summed E-state index contributed by atoms with van der Waals surface area (Å²) < 4.78 is 6.08. The Morgan fingerprint density at radius 1 is 0.935 bits per heavy atom. The third-order valence-corrected chi connectivity index (χ3v) is 5.30. The van der Waals surface area contributed by atoms with Crippen molar-refractivity contribution in [2.45, 2.75) is 33.6 Å². The zero-order valence-electron chi connectivity index (χ0n) is 18.3. The number of hydrogen-bond donors (Lipinski definition) is 1. The van der Waals surface area contributed by atoms with E-state index >= 15 is 0 Å². The lowest BCUT2D eigenvalue weighted by Crippen LogP contribution is -2.22. The molecule has 4 nitrogen and oxygen atoms in total. The summed E-state index contributed by atoms with van der Waals surface area (Å²) in [5, 5.41) is 3.87. The Morgan fingerprint density at radius 2 is 1.74 bits per heavy atom. The van der Waals surface area contributed by atoms with Gasteiger partial charge in [-0.2, -0.15) is 0 Å². The van der Waals surface area contributed by atoms with Crippen molar-refractivity contribution in [3.63, 3.8) is 0 Å². The van der Waals surface area contributed by atoms with Gasteiger partial charge in [0.25, 0.3) is 5.91 Å². The predicted molar refractivity (Wildman–Crippen MR) is 126 cm³/mol. The van der Waals surface area contributed by atoms with E-state index in [-0.39, 0.29) is 5.91 Å². The van der Waals surface area contributed by atoms with Crippen molar-refractivity contribution in [1.82, 2.24) is 0 Å². The van der Waals surface area contributed by atoms with Crippen LogP contribution in [0.2, 0.25) is 0 Å². The van der Waals surface area contributed by atoms with E-state index in [1.54, 1.807) is 0 Å². The van der Waals surface area contributed by atoms with Gasteiger partial charge in [0.2, 0.25) is 5.55 Å². The maximum Gasteiger partial charge on any atom is 0.261 e. The van der Waals surface area contributed by atoms with Crippen LogP contribution in [0.25, 0.3) is 11.0 Å². The van der Waals surface area contributed by atoms with E-state index in [2.05, 4.69) is 25.2 Å². The van der Waals surface area contributed by atoms with Crippen LogP contribution in [0.1, 0.15) is 46.8 Å². The Hall–Kier alpha value is -3.66.